The van der Waals surface area contributed by atoms with Crippen molar-refractivity contribution in [1.29, 1.82) is 0 Å². The lowest BCUT2D eigenvalue weighted by Gasteiger charge is -2.06. The highest BCUT2D eigenvalue weighted by Crippen LogP contribution is 2.16. The van der Waals surface area contributed by atoms with E-state index in [9.17, 15) is 8.78 Å². The van der Waals surface area contributed by atoms with Crippen LogP contribution in [0.25, 0.3) is 0 Å². The first-order valence-corrected chi connectivity index (χ1v) is 7.30. The first kappa shape index (κ1) is 16.1. The summed E-state index contributed by atoms with van der Waals surface area (Å²) in [4.78, 5) is 0. The predicted molar refractivity (Wildman–Crippen MR) is 76.4 cm³/mol. The molecule has 19 heavy (non-hydrogen) atoms. The molecule has 0 aliphatic rings. The smallest absolute Gasteiger partial charge is 0.126 e. The Kier molecular flexibility index (Phi) is 7.65. The average Bonchev–Trinajstić information content (AvgIpc) is 2.38. The molecule has 0 aromatic heterocycles. The van der Waals surface area contributed by atoms with Gasteiger partial charge >= 0.3 is 0 Å². The van der Waals surface area contributed by atoms with Gasteiger partial charge in [-0.1, -0.05) is 19.8 Å². The van der Waals surface area contributed by atoms with Gasteiger partial charge in [0.25, 0.3) is 0 Å². The van der Waals surface area contributed by atoms with Crippen LogP contribution < -0.4 is 5.32 Å². The van der Waals surface area contributed by atoms with Crippen LogP contribution in [0.1, 0.15) is 50.2 Å². The van der Waals surface area contributed by atoms with Crippen molar-refractivity contribution < 1.29 is 8.78 Å². The van der Waals surface area contributed by atoms with Gasteiger partial charge in [-0.2, -0.15) is 0 Å². The molecular formula is C16H25F2N. The third-order valence-corrected chi connectivity index (χ3v) is 3.30. The number of hydrogen-bond donors (Lipinski definition) is 1. The predicted octanol–water partition coefficient (Wildman–Crippen LogP) is 4.38. The first-order valence-electron chi connectivity index (χ1n) is 7.30. The lowest BCUT2D eigenvalue weighted by Crippen LogP contribution is -2.15. The summed E-state index contributed by atoms with van der Waals surface area (Å²) in [5, 5.41) is 3.36. The van der Waals surface area contributed by atoms with Crippen LogP contribution in [0, 0.1) is 18.6 Å². The van der Waals surface area contributed by atoms with E-state index >= 15 is 0 Å². The molecule has 0 saturated heterocycles. The monoisotopic (exact) mass is 269 g/mol. The van der Waals surface area contributed by atoms with Crippen LogP contribution in [0.4, 0.5) is 8.78 Å². The number of aryl methyl sites for hydroxylation is 2. The molecule has 1 nitrogen and oxygen atoms in total. The van der Waals surface area contributed by atoms with Crippen molar-refractivity contribution in [3.63, 3.8) is 0 Å². The summed E-state index contributed by atoms with van der Waals surface area (Å²) in [7, 11) is 0. The molecule has 1 aromatic carbocycles. The van der Waals surface area contributed by atoms with Gasteiger partial charge in [0.2, 0.25) is 0 Å². The van der Waals surface area contributed by atoms with Crippen molar-refractivity contribution in [2.75, 3.05) is 13.1 Å². The van der Waals surface area contributed by atoms with Crippen LogP contribution in [0.5, 0.6) is 0 Å². The second-order valence-corrected chi connectivity index (χ2v) is 5.11. The zero-order valence-electron chi connectivity index (χ0n) is 12.1. The van der Waals surface area contributed by atoms with Gasteiger partial charge in [0, 0.05) is 0 Å². The van der Waals surface area contributed by atoms with E-state index in [2.05, 4.69) is 12.2 Å². The molecule has 0 radical (unpaired) electrons. The number of rotatable bonds is 9. The molecule has 0 aliphatic heterocycles. The number of benzene rings is 1. The fourth-order valence-electron chi connectivity index (χ4n) is 2.10. The Bertz CT molecular complexity index is 377. The standard InChI is InChI=1S/C16H25F2N/c1-3-9-19-10-7-5-4-6-8-14-12-15(17)13(2)11-16(14)18/h11-12,19H,3-10H2,1-2H3. The fourth-order valence-corrected chi connectivity index (χ4v) is 2.10. The maximum absolute atomic E-state index is 13.6. The van der Waals surface area contributed by atoms with E-state index in [1.165, 1.54) is 12.1 Å². The van der Waals surface area contributed by atoms with Crippen LogP contribution >= 0.6 is 0 Å². The third kappa shape index (κ3) is 6.15. The Morgan fingerprint density at radius 2 is 1.68 bits per heavy atom. The summed E-state index contributed by atoms with van der Waals surface area (Å²) in [5.74, 6) is -0.580. The molecule has 0 unspecified atom stereocenters. The molecule has 0 atom stereocenters. The van der Waals surface area contributed by atoms with Crippen molar-refractivity contribution in [3.8, 4) is 0 Å². The Balaban J connectivity index is 2.17. The van der Waals surface area contributed by atoms with Crippen LogP contribution in [-0.2, 0) is 6.42 Å². The Morgan fingerprint density at radius 3 is 2.42 bits per heavy atom. The van der Waals surface area contributed by atoms with E-state index in [-0.39, 0.29) is 11.6 Å². The fraction of sp³-hybridized carbons (Fsp3) is 0.625. The van der Waals surface area contributed by atoms with Gasteiger partial charge in [-0.3, -0.25) is 0 Å². The van der Waals surface area contributed by atoms with E-state index in [0.29, 0.717) is 17.5 Å². The van der Waals surface area contributed by atoms with Crippen LogP contribution in [0.15, 0.2) is 12.1 Å². The van der Waals surface area contributed by atoms with E-state index in [1.54, 1.807) is 6.92 Å². The van der Waals surface area contributed by atoms with Crippen molar-refractivity contribution >= 4 is 0 Å². The molecule has 0 bridgehead atoms. The van der Waals surface area contributed by atoms with Crippen molar-refractivity contribution in [1.82, 2.24) is 5.32 Å². The van der Waals surface area contributed by atoms with Gasteiger partial charge in [0.05, 0.1) is 0 Å². The molecule has 1 aromatic rings. The van der Waals surface area contributed by atoms with Gasteiger partial charge in [-0.25, -0.2) is 8.78 Å². The van der Waals surface area contributed by atoms with E-state index in [4.69, 9.17) is 0 Å². The molecule has 0 aliphatic carbocycles. The van der Waals surface area contributed by atoms with E-state index < -0.39 is 0 Å². The number of halogens is 2. The molecule has 1 rings (SSSR count). The van der Waals surface area contributed by atoms with Crippen LogP contribution in [0.3, 0.4) is 0 Å². The molecule has 0 spiro atoms. The topological polar surface area (TPSA) is 12.0 Å². The van der Waals surface area contributed by atoms with E-state index in [1.807, 2.05) is 0 Å². The Labute approximate surface area is 115 Å². The molecule has 0 fully saturated rings. The second-order valence-electron chi connectivity index (χ2n) is 5.11. The Hall–Kier alpha value is -0.960. The highest BCUT2D eigenvalue weighted by atomic mass is 19.1. The van der Waals surface area contributed by atoms with Gasteiger partial charge < -0.3 is 5.32 Å². The SMILES string of the molecule is CCCNCCCCCCc1cc(F)c(C)cc1F. The third-order valence-electron chi connectivity index (χ3n) is 3.30. The number of hydrogen-bond acceptors (Lipinski definition) is 1. The van der Waals surface area contributed by atoms with Crippen molar-refractivity contribution in [2.45, 2.75) is 52.4 Å². The van der Waals surface area contributed by atoms with Crippen molar-refractivity contribution in [3.05, 3.63) is 34.9 Å². The summed E-state index contributed by atoms with van der Waals surface area (Å²) in [6.07, 6.45) is 6.09. The summed E-state index contributed by atoms with van der Waals surface area (Å²) in [5.41, 5.74) is 0.885. The maximum atomic E-state index is 13.6. The molecular weight excluding hydrogens is 244 g/mol. The molecule has 1 N–H and O–H groups in total. The average molecular weight is 269 g/mol. The molecule has 0 saturated carbocycles. The van der Waals surface area contributed by atoms with Gasteiger partial charge in [-0.15, -0.1) is 0 Å². The second kappa shape index (κ2) is 9.03. The van der Waals surface area contributed by atoms with Crippen LogP contribution in [-0.4, -0.2) is 13.1 Å². The Morgan fingerprint density at radius 1 is 0.947 bits per heavy atom. The highest BCUT2D eigenvalue weighted by molar-refractivity contribution is 5.25. The van der Waals surface area contributed by atoms with Gasteiger partial charge in [-0.05, 0) is 69.0 Å². The quantitative estimate of drug-likeness (QED) is 0.656. The zero-order valence-corrected chi connectivity index (χ0v) is 12.1. The lowest BCUT2D eigenvalue weighted by molar-refractivity contribution is 0.559. The van der Waals surface area contributed by atoms with Crippen LogP contribution in [0.2, 0.25) is 0 Å². The molecule has 0 amide bonds. The summed E-state index contributed by atoms with van der Waals surface area (Å²) in [6.45, 7) is 5.88. The minimum Gasteiger partial charge on any atom is -0.317 e. The zero-order chi connectivity index (χ0) is 14.1. The lowest BCUT2D eigenvalue weighted by atomic mass is 10.0. The molecule has 3 heteroatoms. The minimum atomic E-state index is -0.305. The van der Waals surface area contributed by atoms with Gasteiger partial charge in [0.1, 0.15) is 11.6 Å². The molecule has 108 valence electrons. The first-order chi connectivity index (χ1) is 9.15. The molecule has 0 heterocycles. The maximum Gasteiger partial charge on any atom is 0.126 e. The van der Waals surface area contributed by atoms with Crippen molar-refractivity contribution in [2.24, 2.45) is 0 Å². The van der Waals surface area contributed by atoms with E-state index in [0.717, 1.165) is 45.2 Å². The normalized spacial score (nSPS) is 10.9. The number of unbranched alkanes of at least 4 members (excludes halogenated alkanes) is 3. The number of nitrogens with one attached hydrogen (secondary N) is 1. The summed E-state index contributed by atoms with van der Waals surface area (Å²) < 4.78 is 26.9. The summed E-state index contributed by atoms with van der Waals surface area (Å²) >= 11 is 0. The summed E-state index contributed by atoms with van der Waals surface area (Å²) in [6, 6.07) is 2.63. The highest BCUT2D eigenvalue weighted by Gasteiger charge is 2.06. The largest absolute Gasteiger partial charge is 0.317 e. The minimum absolute atomic E-state index is 0.275. The van der Waals surface area contributed by atoms with Gasteiger partial charge in [0.15, 0.2) is 0 Å².